The minimum atomic E-state index is -0.257. The molecule has 0 aliphatic rings. The fourth-order valence-corrected chi connectivity index (χ4v) is 3.91. The predicted molar refractivity (Wildman–Crippen MR) is 135 cm³/mol. The molecule has 0 saturated heterocycles. The highest BCUT2D eigenvalue weighted by molar-refractivity contribution is 6.05. The van der Waals surface area contributed by atoms with E-state index in [-0.39, 0.29) is 18.4 Å². The average molecular weight is 462 g/mol. The van der Waals surface area contributed by atoms with Crippen LogP contribution in [0.3, 0.4) is 0 Å². The minimum absolute atomic E-state index is 0.129. The van der Waals surface area contributed by atoms with Gasteiger partial charge in [-0.05, 0) is 74.0 Å². The van der Waals surface area contributed by atoms with Crippen molar-refractivity contribution >= 4 is 23.2 Å². The predicted octanol–water partition coefficient (Wildman–Crippen LogP) is 4.64. The van der Waals surface area contributed by atoms with Gasteiger partial charge in [-0.2, -0.15) is 0 Å². The Kier molecular flexibility index (Phi) is 8.27. The Bertz CT molecular complexity index is 1140. The van der Waals surface area contributed by atoms with Crippen LogP contribution in [0.1, 0.15) is 27.0 Å². The Morgan fingerprint density at radius 2 is 1.53 bits per heavy atom. The lowest BCUT2D eigenvalue weighted by molar-refractivity contribution is -0.117. The van der Waals surface area contributed by atoms with Gasteiger partial charge in [-0.1, -0.05) is 24.3 Å². The van der Waals surface area contributed by atoms with Crippen molar-refractivity contribution in [1.29, 1.82) is 0 Å². The molecule has 2 amide bonds. The number of hydrogen-bond acceptors (Lipinski definition) is 5. The highest BCUT2D eigenvalue weighted by Crippen LogP contribution is 2.25. The van der Waals surface area contributed by atoms with E-state index in [0.29, 0.717) is 29.2 Å². The van der Waals surface area contributed by atoms with E-state index >= 15 is 0 Å². The van der Waals surface area contributed by atoms with E-state index in [4.69, 9.17) is 9.47 Å². The van der Waals surface area contributed by atoms with Crippen molar-refractivity contribution in [2.75, 3.05) is 38.4 Å². The van der Waals surface area contributed by atoms with Gasteiger partial charge in [0.1, 0.15) is 11.5 Å². The molecule has 0 fully saturated rings. The summed E-state index contributed by atoms with van der Waals surface area (Å²) in [5.74, 6) is 1.09. The monoisotopic (exact) mass is 461 g/mol. The molecular formula is C27H31N3O4. The van der Waals surface area contributed by atoms with E-state index in [1.807, 2.05) is 37.9 Å². The molecule has 0 spiro atoms. The molecule has 0 atom stereocenters. The van der Waals surface area contributed by atoms with Crippen molar-refractivity contribution in [1.82, 2.24) is 4.90 Å². The van der Waals surface area contributed by atoms with Gasteiger partial charge in [0, 0.05) is 17.8 Å². The maximum Gasteiger partial charge on any atom is 0.255 e. The summed E-state index contributed by atoms with van der Waals surface area (Å²) in [5, 5.41) is 5.72. The van der Waals surface area contributed by atoms with Gasteiger partial charge >= 0.3 is 0 Å². The number of hydrogen-bond donors (Lipinski definition) is 2. The molecule has 7 nitrogen and oxygen atoms in total. The zero-order valence-corrected chi connectivity index (χ0v) is 20.3. The fraction of sp³-hybridized carbons (Fsp3) is 0.259. The maximum atomic E-state index is 12.6. The summed E-state index contributed by atoms with van der Waals surface area (Å²) < 4.78 is 10.7. The second kappa shape index (κ2) is 11.3. The Balaban J connectivity index is 1.54. The third kappa shape index (κ3) is 6.36. The summed E-state index contributed by atoms with van der Waals surface area (Å²) in [7, 11) is 5.13. The van der Waals surface area contributed by atoms with Gasteiger partial charge in [-0.15, -0.1) is 0 Å². The molecule has 0 aromatic heterocycles. The van der Waals surface area contributed by atoms with E-state index in [1.54, 1.807) is 50.6 Å². The largest absolute Gasteiger partial charge is 0.496 e. The van der Waals surface area contributed by atoms with Crippen LogP contribution in [0, 0.1) is 13.8 Å². The van der Waals surface area contributed by atoms with Crippen LogP contribution in [0.5, 0.6) is 11.5 Å². The Morgan fingerprint density at radius 1 is 0.882 bits per heavy atom. The number of nitrogens with zero attached hydrogens (tertiary/aromatic N) is 1. The molecule has 3 rings (SSSR count). The van der Waals surface area contributed by atoms with Crippen LogP contribution in [0.4, 0.5) is 11.4 Å². The fourth-order valence-electron chi connectivity index (χ4n) is 3.91. The lowest BCUT2D eigenvalue weighted by Crippen LogP contribution is -2.29. The number of aryl methyl sites for hydroxylation is 2. The van der Waals surface area contributed by atoms with Gasteiger partial charge in [0.15, 0.2) is 0 Å². The average Bonchev–Trinajstić information content (AvgIpc) is 2.79. The first-order valence-corrected chi connectivity index (χ1v) is 11.0. The topological polar surface area (TPSA) is 79.9 Å². The summed E-state index contributed by atoms with van der Waals surface area (Å²) in [6.45, 7) is 4.91. The zero-order chi connectivity index (χ0) is 24.7. The quantitative estimate of drug-likeness (QED) is 0.485. The van der Waals surface area contributed by atoms with E-state index in [2.05, 4.69) is 22.8 Å². The van der Waals surface area contributed by atoms with Gasteiger partial charge in [0.25, 0.3) is 5.91 Å². The number of para-hydroxylation sites is 2. The molecule has 0 saturated carbocycles. The number of rotatable bonds is 9. The number of ether oxygens (including phenoxy) is 2. The number of nitrogens with one attached hydrogen (secondary N) is 2. The van der Waals surface area contributed by atoms with E-state index in [9.17, 15) is 9.59 Å². The van der Waals surface area contributed by atoms with Gasteiger partial charge in [0.05, 0.1) is 26.5 Å². The summed E-state index contributed by atoms with van der Waals surface area (Å²) in [4.78, 5) is 27.0. The van der Waals surface area contributed by atoms with Crippen LogP contribution < -0.4 is 20.1 Å². The first kappa shape index (κ1) is 24.8. The summed E-state index contributed by atoms with van der Waals surface area (Å²) in [5.41, 5.74) is 4.97. The lowest BCUT2D eigenvalue weighted by Gasteiger charge is -2.18. The maximum absolute atomic E-state index is 12.6. The lowest BCUT2D eigenvalue weighted by atomic mass is 10.1. The van der Waals surface area contributed by atoms with Gasteiger partial charge < -0.3 is 20.1 Å². The first-order valence-electron chi connectivity index (χ1n) is 11.0. The van der Waals surface area contributed by atoms with Gasteiger partial charge in [0.2, 0.25) is 5.91 Å². The van der Waals surface area contributed by atoms with Crippen molar-refractivity contribution in [3.8, 4) is 11.5 Å². The van der Waals surface area contributed by atoms with E-state index in [1.165, 1.54) is 0 Å². The van der Waals surface area contributed by atoms with Crippen molar-refractivity contribution < 1.29 is 19.1 Å². The molecule has 3 aromatic rings. The third-order valence-corrected chi connectivity index (χ3v) is 5.38. The number of amides is 2. The molecule has 0 aliphatic heterocycles. The van der Waals surface area contributed by atoms with Gasteiger partial charge in [-0.3, -0.25) is 14.5 Å². The van der Waals surface area contributed by atoms with Crippen LogP contribution in [-0.4, -0.2) is 44.5 Å². The number of methoxy groups -OCH3 is 2. The van der Waals surface area contributed by atoms with Crippen molar-refractivity contribution in [2.24, 2.45) is 0 Å². The first-order chi connectivity index (χ1) is 16.3. The number of carbonyl (C=O) groups is 2. The summed E-state index contributed by atoms with van der Waals surface area (Å²) in [6, 6.07) is 18.1. The SMILES string of the molecule is COc1ccccc1NC(=O)c1ccc(NC(=O)CN(C)Cc2cc(C)c(OC)c(C)c2)cc1. The third-order valence-electron chi connectivity index (χ3n) is 5.38. The van der Waals surface area contributed by atoms with Crippen LogP contribution in [-0.2, 0) is 11.3 Å². The standard InChI is InChI=1S/C27H31N3O4/c1-18-14-20(15-19(2)26(18)34-5)16-30(3)17-25(31)28-22-12-10-21(11-13-22)27(32)29-23-8-6-7-9-24(23)33-4/h6-15H,16-17H2,1-5H3,(H,28,31)(H,29,32). The summed E-state index contributed by atoms with van der Waals surface area (Å²) >= 11 is 0. The molecule has 0 aliphatic carbocycles. The molecule has 34 heavy (non-hydrogen) atoms. The van der Waals surface area contributed by atoms with Gasteiger partial charge in [-0.25, -0.2) is 0 Å². The molecule has 0 radical (unpaired) electrons. The molecular weight excluding hydrogens is 430 g/mol. The molecule has 2 N–H and O–H groups in total. The molecule has 3 aromatic carbocycles. The van der Waals surface area contributed by atoms with Crippen molar-refractivity contribution in [3.05, 3.63) is 82.9 Å². The minimum Gasteiger partial charge on any atom is -0.496 e. The number of likely N-dealkylation sites (N-methyl/N-ethyl adjacent to an activating group) is 1. The number of carbonyl (C=O) groups excluding carboxylic acids is 2. The second-order valence-corrected chi connectivity index (χ2v) is 8.22. The second-order valence-electron chi connectivity index (χ2n) is 8.22. The van der Waals surface area contributed by atoms with Crippen molar-refractivity contribution in [2.45, 2.75) is 20.4 Å². The Hall–Kier alpha value is -3.84. The Labute approximate surface area is 200 Å². The highest BCUT2D eigenvalue weighted by atomic mass is 16.5. The Morgan fingerprint density at radius 3 is 2.15 bits per heavy atom. The molecule has 7 heteroatoms. The normalized spacial score (nSPS) is 10.6. The van der Waals surface area contributed by atoms with Crippen LogP contribution >= 0.6 is 0 Å². The number of benzene rings is 3. The highest BCUT2D eigenvalue weighted by Gasteiger charge is 2.12. The molecule has 0 unspecified atom stereocenters. The zero-order valence-electron chi connectivity index (χ0n) is 20.3. The summed E-state index contributed by atoms with van der Waals surface area (Å²) in [6.07, 6.45) is 0. The smallest absolute Gasteiger partial charge is 0.255 e. The van der Waals surface area contributed by atoms with Crippen molar-refractivity contribution in [3.63, 3.8) is 0 Å². The molecule has 0 heterocycles. The van der Waals surface area contributed by atoms with E-state index < -0.39 is 0 Å². The molecule has 0 bridgehead atoms. The number of anilines is 2. The van der Waals surface area contributed by atoms with Crippen LogP contribution in [0.2, 0.25) is 0 Å². The van der Waals surface area contributed by atoms with Crippen LogP contribution in [0.15, 0.2) is 60.7 Å². The van der Waals surface area contributed by atoms with E-state index in [0.717, 1.165) is 22.4 Å². The molecule has 178 valence electrons. The van der Waals surface area contributed by atoms with Crippen LogP contribution in [0.25, 0.3) is 0 Å².